The van der Waals surface area contributed by atoms with Crippen molar-refractivity contribution < 1.29 is 18.0 Å². The van der Waals surface area contributed by atoms with Gasteiger partial charge in [0.15, 0.2) is 0 Å². The van der Waals surface area contributed by atoms with Gasteiger partial charge in [0.05, 0.1) is 15.4 Å². The summed E-state index contributed by atoms with van der Waals surface area (Å²) in [5, 5.41) is 6.00. The molecule has 0 saturated heterocycles. The second kappa shape index (κ2) is 8.67. The van der Waals surface area contributed by atoms with Crippen LogP contribution in [-0.2, 0) is 6.18 Å². The number of benzene rings is 1. The average molecular weight is 468 g/mol. The maximum Gasteiger partial charge on any atom is 0.433 e. The molecule has 9 heteroatoms. The zero-order valence-corrected chi connectivity index (χ0v) is 18.3. The maximum atomic E-state index is 13.4. The summed E-state index contributed by atoms with van der Waals surface area (Å²) in [6, 6.07) is 9.79. The zero-order valence-electron chi connectivity index (χ0n) is 16.7. The third-order valence-electron chi connectivity index (χ3n) is 5.74. The third kappa shape index (κ3) is 4.80. The molecule has 31 heavy (non-hydrogen) atoms. The molecule has 0 spiro atoms. The highest BCUT2D eigenvalue weighted by Gasteiger charge is 2.34. The highest BCUT2D eigenvalue weighted by molar-refractivity contribution is 7.12. The van der Waals surface area contributed by atoms with E-state index in [0.29, 0.717) is 26.5 Å². The Morgan fingerprint density at radius 1 is 1.19 bits per heavy atom. The van der Waals surface area contributed by atoms with Crippen molar-refractivity contribution in [2.24, 2.45) is 0 Å². The zero-order chi connectivity index (χ0) is 22.2. The Balaban J connectivity index is 1.48. The lowest BCUT2D eigenvalue weighted by Crippen LogP contribution is -2.42. The molecule has 3 aromatic rings. The Hall–Kier alpha value is -2.32. The van der Waals surface area contributed by atoms with E-state index < -0.39 is 11.9 Å². The number of hydrogen-bond donors (Lipinski definition) is 1. The van der Waals surface area contributed by atoms with Crippen molar-refractivity contribution in [2.75, 3.05) is 11.9 Å². The number of hydrogen-bond acceptors (Lipinski definition) is 4. The molecule has 1 N–H and O–H groups in total. The summed E-state index contributed by atoms with van der Waals surface area (Å²) < 4.78 is 40.2. The van der Waals surface area contributed by atoms with Crippen LogP contribution in [0.3, 0.4) is 0 Å². The molecule has 1 aromatic carbocycles. The standard InChI is InChI=1S/C22H21ClF3N3OS/c1-29(18-11-20(22(24,25)26)28-17-5-3-2-4-16(17)18)15-8-6-14(7-9-15)27-21(30)19-10-13(23)12-31-19/h2-5,10-12,14-15H,6-9H2,1H3,(H,27,30)/t14-,15+. The molecule has 1 saturated carbocycles. The van der Waals surface area contributed by atoms with E-state index in [1.165, 1.54) is 11.3 Å². The van der Waals surface area contributed by atoms with Gasteiger partial charge >= 0.3 is 6.18 Å². The molecule has 1 fully saturated rings. The van der Waals surface area contributed by atoms with E-state index in [4.69, 9.17) is 11.6 Å². The molecule has 1 aliphatic carbocycles. The SMILES string of the molecule is CN(c1cc(C(F)(F)F)nc2ccccc12)[C@H]1CC[C@@H](NC(=O)c2cc(Cl)cs2)CC1. The van der Waals surface area contributed by atoms with Gasteiger partial charge in [-0.15, -0.1) is 11.3 Å². The number of aromatic nitrogens is 1. The van der Waals surface area contributed by atoms with Crippen LogP contribution >= 0.6 is 22.9 Å². The third-order valence-corrected chi connectivity index (χ3v) is 7.01. The quantitative estimate of drug-likeness (QED) is 0.501. The van der Waals surface area contributed by atoms with E-state index in [-0.39, 0.29) is 18.0 Å². The smallest absolute Gasteiger partial charge is 0.371 e. The van der Waals surface area contributed by atoms with Crippen molar-refractivity contribution >= 4 is 45.4 Å². The first-order valence-corrected chi connectivity index (χ1v) is 11.2. The Morgan fingerprint density at radius 3 is 2.55 bits per heavy atom. The highest BCUT2D eigenvalue weighted by Crippen LogP contribution is 2.36. The van der Waals surface area contributed by atoms with Crippen molar-refractivity contribution in [1.29, 1.82) is 0 Å². The lowest BCUT2D eigenvalue weighted by molar-refractivity contribution is -0.140. The van der Waals surface area contributed by atoms with Gasteiger partial charge in [-0.3, -0.25) is 4.79 Å². The van der Waals surface area contributed by atoms with Crippen molar-refractivity contribution in [1.82, 2.24) is 10.3 Å². The first kappa shape index (κ1) is 21.9. The van der Waals surface area contributed by atoms with E-state index in [9.17, 15) is 18.0 Å². The van der Waals surface area contributed by atoms with Crippen LogP contribution in [0.1, 0.15) is 41.0 Å². The summed E-state index contributed by atoms with van der Waals surface area (Å²) in [6.07, 6.45) is -1.45. The number of halogens is 4. The first-order valence-electron chi connectivity index (χ1n) is 9.97. The molecule has 4 nitrogen and oxygen atoms in total. The summed E-state index contributed by atoms with van der Waals surface area (Å²) in [6.45, 7) is 0. The Morgan fingerprint density at radius 2 is 1.90 bits per heavy atom. The van der Waals surface area contributed by atoms with Gasteiger partial charge in [0, 0.05) is 35.6 Å². The number of pyridine rings is 1. The predicted octanol–water partition coefficient (Wildman–Crippen LogP) is 6.15. The number of anilines is 1. The molecule has 2 aromatic heterocycles. The normalized spacial score (nSPS) is 19.4. The van der Waals surface area contributed by atoms with Gasteiger partial charge in [-0.25, -0.2) is 4.98 Å². The van der Waals surface area contributed by atoms with Gasteiger partial charge < -0.3 is 10.2 Å². The maximum absolute atomic E-state index is 13.4. The number of amides is 1. The molecule has 0 bridgehead atoms. The van der Waals surface area contributed by atoms with Crippen molar-refractivity contribution in [3.05, 3.63) is 57.4 Å². The average Bonchev–Trinajstić information content (AvgIpc) is 3.19. The molecular weight excluding hydrogens is 447 g/mol. The van der Waals surface area contributed by atoms with Crippen LogP contribution in [0.15, 0.2) is 41.8 Å². The summed E-state index contributed by atoms with van der Waals surface area (Å²) >= 11 is 7.19. The number of thiophene rings is 1. The van der Waals surface area contributed by atoms with Gasteiger partial charge in [0.1, 0.15) is 5.69 Å². The largest absolute Gasteiger partial charge is 0.433 e. The summed E-state index contributed by atoms with van der Waals surface area (Å²) in [5.41, 5.74) is -0.0306. The molecule has 2 heterocycles. The van der Waals surface area contributed by atoms with Gasteiger partial charge in [-0.05, 0) is 43.9 Å². The van der Waals surface area contributed by atoms with Crippen molar-refractivity contribution in [3.63, 3.8) is 0 Å². The number of para-hydroxylation sites is 1. The number of carbonyl (C=O) groups excluding carboxylic acids is 1. The topological polar surface area (TPSA) is 45.2 Å². The number of nitrogens with zero attached hydrogens (tertiary/aromatic N) is 2. The minimum Gasteiger partial charge on any atom is -0.371 e. The minimum atomic E-state index is -4.51. The number of rotatable bonds is 4. The Labute approximate surface area is 187 Å². The van der Waals surface area contributed by atoms with Crippen LogP contribution in [-0.4, -0.2) is 30.0 Å². The van der Waals surface area contributed by atoms with Crippen molar-refractivity contribution in [3.8, 4) is 0 Å². The number of fused-ring (bicyclic) bond motifs is 1. The molecule has 0 aliphatic heterocycles. The molecular formula is C22H21ClF3N3OS. The fraction of sp³-hybridized carbons (Fsp3) is 0.364. The van der Waals surface area contributed by atoms with E-state index in [1.54, 1.807) is 35.7 Å². The lowest BCUT2D eigenvalue weighted by atomic mass is 9.89. The van der Waals surface area contributed by atoms with E-state index in [0.717, 1.165) is 31.7 Å². The van der Waals surface area contributed by atoms with Gasteiger partial charge in [0.2, 0.25) is 0 Å². The summed E-state index contributed by atoms with van der Waals surface area (Å²) in [5.74, 6) is -0.136. The summed E-state index contributed by atoms with van der Waals surface area (Å²) in [7, 11) is 1.83. The van der Waals surface area contributed by atoms with E-state index >= 15 is 0 Å². The van der Waals surface area contributed by atoms with Crippen LogP contribution < -0.4 is 10.2 Å². The Bertz CT molecular complexity index is 1090. The fourth-order valence-electron chi connectivity index (χ4n) is 4.09. The lowest BCUT2D eigenvalue weighted by Gasteiger charge is -2.36. The van der Waals surface area contributed by atoms with Gasteiger partial charge in [-0.2, -0.15) is 13.2 Å². The van der Waals surface area contributed by atoms with E-state index in [1.807, 2.05) is 11.9 Å². The Kier molecular flexibility index (Phi) is 6.12. The number of nitrogens with one attached hydrogen (secondary N) is 1. The van der Waals surface area contributed by atoms with Crippen molar-refractivity contribution in [2.45, 2.75) is 43.9 Å². The second-order valence-electron chi connectivity index (χ2n) is 7.76. The van der Waals surface area contributed by atoms with Crippen LogP contribution in [0.2, 0.25) is 5.02 Å². The minimum absolute atomic E-state index is 0.0398. The second-order valence-corrected chi connectivity index (χ2v) is 9.11. The molecule has 1 aliphatic rings. The molecule has 0 radical (unpaired) electrons. The molecule has 164 valence electrons. The van der Waals surface area contributed by atoms with Crippen LogP contribution in [0, 0.1) is 0 Å². The number of alkyl halides is 3. The molecule has 4 rings (SSSR count). The van der Waals surface area contributed by atoms with E-state index in [2.05, 4.69) is 10.3 Å². The van der Waals surface area contributed by atoms with Crippen LogP contribution in [0.25, 0.3) is 10.9 Å². The monoisotopic (exact) mass is 467 g/mol. The highest BCUT2D eigenvalue weighted by atomic mass is 35.5. The van der Waals surface area contributed by atoms with Crippen LogP contribution in [0.4, 0.5) is 18.9 Å². The van der Waals surface area contributed by atoms with Gasteiger partial charge in [0.25, 0.3) is 5.91 Å². The fourth-order valence-corrected chi connectivity index (χ4v) is 5.06. The molecule has 1 amide bonds. The molecule has 0 atom stereocenters. The number of carbonyl (C=O) groups is 1. The molecule has 0 unspecified atom stereocenters. The summed E-state index contributed by atoms with van der Waals surface area (Å²) in [4.78, 5) is 18.7. The van der Waals surface area contributed by atoms with Gasteiger partial charge in [-0.1, -0.05) is 29.8 Å². The first-order chi connectivity index (χ1) is 14.7. The predicted molar refractivity (Wildman–Crippen MR) is 118 cm³/mol. The van der Waals surface area contributed by atoms with Crippen LogP contribution in [0.5, 0.6) is 0 Å².